The summed E-state index contributed by atoms with van der Waals surface area (Å²) in [5.74, 6) is -1.57. The van der Waals surface area contributed by atoms with E-state index in [-0.39, 0.29) is 22.8 Å². The van der Waals surface area contributed by atoms with Gasteiger partial charge in [-0.25, -0.2) is 4.79 Å². The molecule has 2 rings (SSSR count). The number of alkyl halides is 3. The van der Waals surface area contributed by atoms with E-state index in [1.165, 1.54) is 24.3 Å². The molecule has 4 nitrogen and oxygen atoms in total. The highest BCUT2D eigenvalue weighted by Gasteiger charge is 2.32. The Morgan fingerprint density at radius 3 is 2.47 bits per heavy atom. The minimum atomic E-state index is -4.58. The number of hydrogen-bond donors (Lipinski definition) is 1. The number of halogens is 3. The molecule has 2 aromatic rings. The SMILES string of the molecule is O=Cc1c(C(=O)O)n(CC(F)(F)F)c2ccccc12. The molecule has 19 heavy (non-hydrogen) atoms. The number of rotatable bonds is 3. The summed E-state index contributed by atoms with van der Waals surface area (Å²) in [6.07, 6.45) is -4.31. The Morgan fingerprint density at radius 2 is 1.95 bits per heavy atom. The molecular weight excluding hydrogens is 263 g/mol. The normalized spacial score (nSPS) is 11.7. The van der Waals surface area contributed by atoms with Crippen LogP contribution >= 0.6 is 0 Å². The van der Waals surface area contributed by atoms with Crippen molar-refractivity contribution in [2.45, 2.75) is 12.7 Å². The zero-order valence-electron chi connectivity index (χ0n) is 9.44. The van der Waals surface area contributed by atoms with Gasteiger partial charge >= 0.3 is 12.1 Å². The third kappa shape index (κ3) is 2.31. The Labute approximate surface area is 105 Å². The van der Waals surface area contributed by atoms with Gasteiger partial charge in [0.05, 0.1) is 5.56 Å². The molecule has 0 radical (unpaired) electrons. The van der Waals surface area contributed by atoms with Crippen molar-refractivity contribution in [3.05, 3.63) is 35.5 Å². The van der Waals surface area contributed by atoms with Crippen molar-refractivity contribution in [1.82, 2.24) is 4.57 Å². The molecule has 1 N–H and O–H groups in total. The lowest BCUT2D eigenvalue weighted by atomic mass is 10.1. The van der Waals surface area contributed by atoms with Gasteiger partial charge in [0.1, 0.15) is 12.2 Å². The van der Waals surface area contributed by atoms with Gasteiger partial charge in [-0.2, -0.15) is 13.2 Å². The van der Waals surface area contributed by atoms with Gasteiger partial charge < -0.3 is 9.67 Å². The molecule has 0 saturated heterocycles. The molecule has 1 heterocycles. The Kier molecular flexibility index (Phi) is 3.05. The van der Waals surface area contributed by atoms with E-state index < -0.39 is 24.4 Å². The second kappa shape index (κ2) is 4.42. The zero-order valence-corrected chi connectivity index (χ0v) is 9.44. The molecule has 0 amide bonds. The van der Waals surface area contributed by atoms with Crippen molar-refractivity contribution >= 4 is 23.2 Å². The van der Waals surface area contributed by atoms with Crippen LogP contribution in [0.2, 0.25) is 0 Å². The highest BCUT2D eigenvalue weighted by atomic mass is 19.4. The van der Waals surface area contributed by atoms with E-state index in [1.807, 2.05) is 0 Å². The summed E-state index contributed by atoms with van der Waals surface area (Å²) < 4.78 is 38.2. The molecule has 7 heteroatoms. The zero-order chi connectivity index (χ0) is 14.2. The number of para-hydroxylation sites is 1. The van der Waals surface area contributed by atoms with E-state index in [1.54, 1.807) is 0 Å². The maximum absolute atomic E-state index is 12.5. The maximum atomic E-state index is 12.5. The predicted molar refractivity (Wildman–Crippen MR) is 60.3 cm³/mol. The number of carbonyl (C=O) groups is 2. The fourth-order valence-electron chi connectivity index (χ4n) is 2.02. The van der Waals surface area contributed by atoms with Crippen LogP contribution in [0, 0.1) is 0 Å². The molecule has 1 aromatic carbocycles. The number of carbonyl (C=O) groups excluding carboxylic acids is 1. The first-order valence-electron chi connectivity index (χ1n) is 5.21. The van der Waals surface area contributed by atoms with Gasteiger partial charge in [0.15, 0.2) is 6.29 Å². The van der Waals surface area contributed by atoms with Gasteiger partial charge in [0.2, 0.25) is 0 Å². The molecule has 0 aliphatic rings. The number of aldehydes is 1. The number of aromatic carboxylic acids is 1. The van der Waals surface area contributed by atoms with Crippen LogP contribution in [0.5, 0.6) is 0 Å². The molecule has 0 saturated carbocycles. The number of hydrogen-bond acceptors (Lipinski definition) is 2. The quantitative estimate of drug-likeness (QED) is 0.873. The standard InChI is InChI=1S/C12H8F3NO3/c13-12(14,15)6-16-9-4-2-1-3-7(9)8(5-17)10(16)11(18)19/h1-5H,6H2,(H,18,19). The number of nitrogens with zero attached hydrogens (tertiary/aromatic N) is 1. The van der Waals surface area contributed by atoms with E-state index >= 15 is 0 Å². The van der Waals surface area contributed by atoms with Gasteiger partial charge in [-0.3, -0.25) is 4.79 Å². The van der Waals surface area contributed by atoms with Crippen LogP contribution in [0.1, 0.15) is 20.8 Å². The number of benzene rings is 1. The Balaban J connectivity index is 2.82. The maximum Gasteiger partial charge on any atom is 0.406 e. The second-order valence-electron chi connectivity index (χ2n) is 3.90. The van der Waals surface area contributed by atoms with Gasteiger partial charge in [0.25, 0.3) is 0 Å². The van der Waals surface area contributed by atoms with E-state index in [4.69, 9.17) is 5.11 Å². The van der Waals surface area contributed by atoms with Crippen LogP contribution in [0.15, 0.2) is 24.3 Å². The third-order valence-corrected chi connectivity index (χ3v) is 2.67. The monoisotopic (exact) mass is 271 g/mol. The molecule has 100 valence electrons. The Bertz CT molecular complexity index is 658. The van der Waals surface area contributed by atoms with E-state index in [0.717, 1.165) is 0 Å². The lowest BCUT2D eigenvalue weighted by molar-refractivity contribution is -0.140. The van der Waals surface area contributed by atoms with Gasteiger partial charge in [0, 0.05) is 10.9 Å². The Hall–Kier alpha value is -2.31. The summed E-state index contributed by atoms with van der Waals surface area (Å²) in [7, 11) is 0. The molecule has 1 aromatic heterocycles. The number of carboxylic acid groups (broad SMARTS) is 1. The average Bonchev–Trinajstić information content (AvgIpc) is 2.61. The number of fused-ring (bicyclic) bond motifs is 1. The van der Waals surface area contributed by atoms with Crippen molar-refractivity contribution in [1.29, 1.82) is 0 Å². The lowest BCUT2D eigenvalue weighted by Crippen LogP contribution is -2.21. The van der Waals surface area contributed by atoms with Crippen molar-refractivity contribution < 1.29 is 27.9 Å². The van der Waals surface area contributed by atoms with Crippen LogP contribution in [0.25, 0.3) is 10.9 Å². The van der Waals surface area contributed by atoms with Crippen LogP contribution in [-0.2, 0) is 6.54 Å². The average molecular weight is 271 g/mol. The fraction of sp³-hybridized carbons (Fsp3) is 0.167. The van der Waals surface area contributed by atoms with Crippen molar-refractivity contribution in [2.24, 2.45) is 0 Å². The summed E-state index contributed by atoms with van der Waals surface area (Å²) in [5.41, 5.74) is -0.819. The van der Waals surface area contributed by atoms with Crippen LogP contribution in [-0.4, -0.2) is 28.1 Å². The van der Waals surface area contributed by atoms with Crippen molar-refractivity contribution in [3.63, 3.8) is 0 Å². The van der Waals surface area contributed by atoms with E-state index in [2.05, 4.69) is 0 Å². The molecule has 0 aliphatic heterocycles. The molecule has 0 fully saturated rings. The molecule has 0 spiro atoms. The highest BCUT2D eigenvalue weighted by Crippen LogP contribution is 2.28. The van der Waals surface area contributed by atoms with Crippen molar-refractivity contribution in [2.75, 3.05) is 0 Å². The lowest BCUT2D eigenvalue weighted by Gasteiger charge is -2.11. The highest BCUT2D eigenvalue weighted by molar-refractivity contribution is 6.08. The van der Waals surface area contributed by atoms with Crippen LogP contribution in [0.4, 0.5) is 13.2 Å². The molecule has 0 bridgehead atoms. The van der Waals surface area contributed by atoms with Gasteiger partial charge in [-0.05, 0) is 6.07 Å². The van der Waals surface area contributed by atoms with Gasteiger partial charge in [-0.15, -0.1) is 0 Å². The van der Waals surface area contributed by atoms with Crippen molar-refractivity contribution in [3.8, 4) is 0 Å². The van der Waals surface area contributed by atoms with E-state index in [0.29, 0.717) is 4.57 Å². The number of carboxylic acids is 1. The summed E-state index contributed by atoms with van der Waals surface area (Å²) in [6, 6.07) is 5.77. The van der Waals surface area contributed by atoms with Gasteiger partial charge in [-0.1, -0.05) is 18.2 Å². The Morgan fingerprint density at radius 1 is 1.32 bits per heavy atom. The predicted octanol–water partition coefficient (Wildman–Crippen LogP) is 2.71. The minimum Gasteiger partial charge on any atom is -0.477 e. The molecule has 0 atom stereocenters. The fourth-order valence-corrected chi connectivity index (χ4v) is 2.02. The first-order chi connectivity index (χ1) is 8.85. The molecule has 0 unspecified atom stereocenters. The second-order valence-corrected chi connectivity index (χ2v) is 3.90. The van der Waals surface area contributed by atoms with Crippen LogP contribution < -0.4 is 0 Å². The summed E-state index contributed by atoms with van der Waals surface area (Å²) >= 11 is 0. The first kappa shape index (κ1) is 13.1. The van der Waals surface area contributed by atoms with E-state index in [9.17, 15) is 22.8 Å². The first-order valence-corrected chi connectivity index (χ1v) is 5.21. The molecule has 0 aliphatic carbocycles. The smallest absolute Gasteiger partial charge is 0.406 e. The third-order valence-electron chi connectivity index (χ3n) is 2.67. The minimum absolute atomic E-state index is 0.0688. The largest absolute Gasteiger partial charge is 0.477 e. The molecular formula is C12H8F3NO3. The topological polar surface area (TPSA) is 59.3 Å². The summed E-state index contributed by atoms with van der Waals surface area (Å²) in [4.78, 5) is 22.1. The number of aromatic nitrogens is 1. The summed E-state index contributed by atoms with van der Waals surface area (Å²) in [6.45, 7) is -1.46. The summed E-state index contributed by atoms with van der Waals surface area (Å²) in [5, 5.41) is 9.22. The van der Waals surface area contributed by atoms with Crippen LogP contribution in [0.3, 0.4) is 0 Å².